The van der Waals surface area contributed by atoms with Gasteiger partial charge in [0.1, 0.15) is 5.58 Å². The molecule has 2 aliphatic rings. The lowest BCUT2D eigenvalue weighted by Gasteiger charge is -2.30. The summed E-state index contributed by atoms with van der Waals surface area (Å²) in [5.41, 5.74) is 5.23. The molecule has 0 saturated carbocycles. The average molecular weight is 340 g/mol. The van der Waals surface area contributed by atoms with Crippen LogP contribution >= 0.6 is 0 Å². The van der Waals surface area contributed by atoms with Crippen molar-refractivity contribution in [3.8, 4) is 0 Å². The van der Waals surface area contributed by atoms with E-state index in [-0.39, 0.29) is 5.63 Å². The van der Waals surface area contributed by atoms with Crippen molar-refractivity contribution in [1.82, 2.24) is 0 Å². The Labute approximate surface area is 149 Å². The summed E-state index contributed by atoms with van der Waals surface area (Å²) in [5.74, 6) is 0. The number of fused-ring (bicyclic) bond motifs is 4. The molecule has 2 heterocycles. The van der Waals surface area contributed by atoms with Gasteiger partial charge in [-0.05, 0) is 65.0 Å². The van der Waals surface area contributed by atoms with E-state index >= 15 is 0 Å². The molecular formula is C21H28N2O2. The minimum atomic E-state index is -0.134. The lowest BCUT2D eigenvalue weighted by atomic mass is 10.0. The Bertz CT molecular complexity index is 870. The van der Waals surface area contributed by atoms with Crippen molar-refractivity contribution in [3.63, 3.8) is 0 Å². The van der Waals surface area contributed by atoms with Gasteiger partial charge in [-0.15, -0.1) is 0 Å². The number of benzene rings is 1. The lowest BCUT2D eigenvalue weighted by Crippen LogP contribution is -2.36. The molecular weight excluding hydrogens is 312 g/mol. The standard InChI is InChI=1S/C21H28N2O2/c1-5-22-13(3)10-14(4)23(6-2)19-12-20-17(11-18(19)22)15-8-7-9-16(15)21(24)25-20/h11-14H,5-10H2,1-4H3. The molecule has 1 aliphatic carbocycles. The quantitative estimate of drug-likeness (QED) is 0.771. The lowest BCUT2D eigenvalue weighted by molar-refractivity contribution is 0.530. The zero-order valence-corrected chi connectivity index (χ0v) is 15.8. The van der Waals surface area contributed by atoms with Gasteiger partial charge in [-0.2, -0.15) is 0 Å². The summed E-state index contributed by atoms with van der Waals surface area (Å²) in [6.45, 7) is 11.0. The molecule has 0 spiro atoms. The molecule has 0 radical (unpaired) electrons. The predicted molar refractivity (Wildman–Crippen MR) is 104 cm³/mol. The van der Waals surface area contributed by atoms with Crippen LogP contribution in [0.1, 0.15) is 51.7 Å². The molecule has 2 atom stereocenters. The van der Waals surface area contributed by atoms with E-state index in [0.29, 0.717) is 12.1 Å². The Morgan fingerprint density at radius 1 is 1.00 bits per heavy atom. The summed E-state index contributed by atoms with van der Waals surface area (Å²) in [6, 6.07) is 5.37. The first-order chi connectivity index (χ1) is 12.0. The number of aryl methyl sites for hydroxylation is 1. The molecule has 2 aromatic rings. The van der Waals surface area contributed by atoms with E-state index in [0.717, 1.165) is 55.3 Å². The summed E-state index contributed by atoms with van der Waals surface area (Å²) < 4.78 is 5.73. The second kappa shape index (κ2) is 6.08. The maximum Gasteiger partial charge on any atom is 0.339 e. The summed E-state index contributed by atoms with van der Waals surface area (Å²) in [7, 11) is 0. The third-order valence-corrected chi connectivity index (χ3v) is 6.12. The van der Waals surface area contributed by atoms with Crippen LogP contribution < -0.4 is 15.4 Å². The van der Waals surface area contributed by atoms with Gasteiger partial charge < -0.3 is 14.2 Å². The third kappa shape index (κ3) is 2.45. The first kappa shape index (κ1) is 16.5. The van der Waals surface area contributed by atoms with Crippen LogP contribution in [0.2, 0.25) is 0 Å². The average Bonchev–Trinajstić information content (AvgIpc) is 3.04. The van der Waals surface area contributed by atoms with Crippen LogP contribution in [0.5, 0.6) is 0 Å². The Kier molecular flexibility index (Phi) is 4.01. The molecule has 0 saturated heterocycles. The Balaban J connectivity index is 2.03. The van der Waals surface area contributed by atoms with Crippen LogP contribution in [0.3, 0.4) is 0 Å². The number of hydrogen-bond donors (Lipinski definition) is 0. The van der Waals surface area contributed by atoms with Gasteiger partial charge >= 0.3 is 5.63 Å². The fourth-order valence-corrected chi connectivity index (χ4v) is 4.95. The zero-order chi connectivity index (χ0) is 17.7. The van der Waals surface area contributed by atoms with Gasteiger partial charge in [-0.25, -0.2) is 4.79 Å². The third-order valence-electron chi connectivity index (χ3n) is 6.12. The van der Waals surface area contributed by atoms with E-state index in [2.05, 4.69) is 49.6 Å². The first-order valence-corrected chi connectivity index (χ1v) is 9.71. The van der Waals surface area contributed by atoms with Crippen LogP contribution in [0.15, 0.2) is 21.3 Å². The summed E-state index contributed by atoms with van der Waals surface area (Å²) in [6.07, 6.45) is 4.04. The molecule has 0 bridgehead atoms. The smallest absolute Gasteiger partial charge is 0.339 e. The molecule has 2 unspecified atom stereocenters. The van der Waals surface area contributed by atoms with Crippen molar-refractivity contribution in [2.24, 2.45) is 0 Å². The molecule has 1 aromatic heterocycles. The van der Waals surface area contributed by atoms with E-state index < -0.39 is 0 Å². The fourth-order valence-electron chi connectivity index (χ4n) is 4.95. The van der Waals surface area contributed by atoms with Gasteiger partial charge in [0.15, 0.2) is 0 Å². The van der Waals surface area contributed by atoms with Gasteiger partial charge in [0, 0.05) is 42.2 Å². The van der Waals surface area contributed by atoms with Crippen LogP contribution in [0, 0.1) is 0 Å². The fraction of sp³-hybridized carbons (Fsp3) is 0.571. The molecule has 4 heteroatoms. The second-order valence-electron chi connectivity index (χ2n) is 7.54. The molecule has 4 nitrogen and oxygen atoms in total. The van der Waals surface area contributed by atoms with Gasteiger partial charge in [0.05, 0.1) is 11.4 Å². The minimum Gasteiger partial charge on any atom is -0.422 e. The highest BCUT2D eigenvalue weighted by Gasteiger charge is 2.30. The first-order valence-electron chi connectivity index (χ1n) is 9.71. The van der Waals surface area contributed by atoms with Gasteiger partial charge in [0.2, 0.25) is 0 Å². The molecule has 0 amide bonds. The summed E-state index contributed by atoms with van der Waals surface area (Å²) in [5, 5.41) is 1.14. The highest BCUT2D eigenvalue weighted by Crippen LogP contribution is 2.41. The van der Waals surface area contributed by atoms with Crippen LogP contribution in [-0.2, 0) is 12.8 Å². The monoisotopic (exact) mass is 340 g/mol. The molecule has 134 valence electrons. The van der Waals surface area contributed by atoms with E-state index in [1.807, 2.05) is 0 Å². The van der Waals surface area contributed by atoms with Crippen molar-refractivity contribution in [2.75, 3.05) is 22.9 Å². The van der Waals surface area contributed by atoms with E-state index in [1.165, 1.54) is 16.9 Å². The van der Waals surface area contributed by atoms with E-state index in [4.69, 9.17) is 4.42 Å². The number of nitrogens with zero attached hydrogens (tertiary/aromatic N) is 2. The Hall–Kier alpha value is -1.97. The zero-order valence-electron chi connectivity index (χ0n) is 15.8. The topological polar surface area (TPSA) is 36.7 Å². The SMILES string of the molecule is CCN1c2cc3oc(=O)c4c(c3cc2N(CC)C(C)CC1C)CCC4. The summed E-state index contributed by atoms with van der Waals surface area (Å²) >= 11 is 0. The van der Waals surface area contributed by atoms with Crippen LogP contribution in [0.25, 0.3) is 11.0 Å². The number of hydrogen-bond acceptors (Lipinski definition) is 4. The van der Waals surface area contributed by atoms with Crippen molar-refractivity contribution < 1.29 is 4.42 Å². The summed E-state index contributed by atoms with van der Waals surface area (Å²) in [4.78, 5) is 17.3. The van der Waals surface area contributed by atoms with Crippen molar-refractivity contribution in [2.45, 2.75) is 65.5 Å². The maximum absolute atomic E-state index is 12.4. The van der Waals surface area contributed by atoms with Crippen molar-refractivity contribution in [1.29, 1.82) is 0 Å². The van der Waals surface area contributed by atoms with E-state index in [9.17, 15) is 4.79 Å². The molecule has 0 N–H and O–H groups in total. The second-order valence-corrected chi connectivity index (χ2v) is 7.54. The molecule has 4 rings (SSSR count). The van der Waals surface area contributed by atoms with Crippen molar-refractivity contribution in [3.05, 3.63) is 33.7 Å². The Morgan fingerprint density at radius 3 is 2.24 bits per heavy atom. The highest BCUT2D eigenvalue weighted by molar-refractivity contribution is 5.92. The molecule has 1 aromatic carbocycles. The van der Waals surface area contributed by atoms with Crippen LogP contribution in [-0.4, -0.2) is 25.2 Å². The number of rotatable bonds is 2. The Morgan fingerprint density at radius 2 is 1.60 bits per heavy atom. The number of anilines is 2. The van der Waals surface area contributed by atoms with Crippen molar-refractivity contribution >= 4 is 22.3 Å². The van der Waals surface area contributed by atoms with Gasteiger partial charge in [-0.1, -0.05) is 0 Å². The van der Waals surface area contributed by atoms with Gasteiger partial charge in [0.25, 0.3) is 0 Å². The maximum atomic E-state index is 12.4. The predicted octanol–water partition coefficient (Wildman–Crippen LogP) is 4.12. The normalized spacial score (nSPS) is 22.9. The minimum absolute atomic E-state index is 0.134. The largest absolute Gasteiger partial charge is 0.422 e. The van der Waals surface area contributed by atoms with Crippen LogP contribution in [0.4, 0.5) is 11.4 Å². The molecule has 0 fully saturated rings. The van der Waals surface area contributed by atoms with E-state index in [1.54, 1.807) is 0 Å². The highest BCUT2D eigenvalue weighted by atomic mass is 16.4. The molecule has 1 aliphatic heterocycles. The molecule has 25 heavy (non-hydrogen) atoms. The van der Waals surface area contributed by atoms with Gasteiger partial charge in [-0.3, -0.25) is 0 Å².